The Bertz CT molecular complexity index is 204. The Morgan fingerprint density at radius 3 is 2.00 bits per heavy atom. The molecule has 0 amide bonds. The van der Waals surface area contributed by atoms with Gasteiger partial charge in [0.05, 0.1) is 5.92 Å². The van der Waals surface area contributed by atoms with Crippen molar-refractivity contribution < 1.29 is 9.53 Å². The first-order valence-corrected chi connectivity index (χ1v) is 5.62. The predicted octanol–water partition coefficient (Wildman–Crippen LogP) is 2.34. The zero-order valence-electron chi connectivity index (χ0n) is 10.8. The molecule has 2 N–H and O–H groups in total. The normalized spacial score (nSPS) is 16.3. The van der Waals surface area contributed by atoms with Crippen molar-refractivity contribution in [2.45, 2.75) is 59.6 Å². The molecule has 0 heterocycles. The lowest BCUT2D eigenvalue weighted by Crippen LogP contribution is -2.38. The van der Waals surface area contributed by atoms with E-state index in [2.05, 4.69) is 13.8 Å². The summed E-state index contributed by atoms with van der Waals surface area (Å²) in [5.41, 5.74) is 5.37. The van der Waals surface area contributed by atoms with Crippen molar-refractivity contribution in [3.8, 4) is 0 Å². The summed E-state index contributed by atoms with van der Waals surface area (Å²) >= 11 is 0. The van der Waals surface area contributed by atoms with Gasteiger partial charge in [0.2, 0.25) is 0 Å². The van der Waals surface area contributed by atoms with Crippen LogP contribution in [-0.2, 0) is 9.53 Å². The van der Waals surface area contributed by atoms with Gasteiger partial charge in [0.25, 0.3) is 0 Å². The lowest BCUT2D eigenvalue weighted by atomic mass is 9.91. The van der Waals surface area contributed by atoms with Crippen LogP contribution in [0.15, 0.2) is 0 Å². The molecule has 2 unspecified atom stereocenters. The summed E-state index contributed by atoms with van der Waals surface area (Å²) in [7, 11) is 0. The van der Waals surface area contributed by atoms with Gasteiger partial charge in [0.15, 0.2) is 0 Å². The maximum atomic E-state index is 11.8. The molecule has 0 radical (unpaired) electrons. The lowest BCUT2D eigenvalue weighted by Gasteiger charge is -2.26. The molecule has 0 saturated carbocycles. The molecular weight excluding hydrogens is 190 g/mol. The average molecular weight is 215 g/mol. The molecule has 0 aliphatic heterocycles. The Hall–Kier alpha value is -0.570. The van der Waals surface area contributed by atoms with Crippen LogP contribution in [0.5, 0.6) is 0 Å². The van der Waals surface area contributed by atoms with Crippen LogP contribution in [0.3, 0.4) is 0 Å². The first-order valence-electron chi connectivity index (χ1n) is 5.62. The number of nitrogens with two attached hydrogens (primary N) is 1. The van der Waals surface area contributed by atoms with E-state index in [0.717, 1.165) is 6.42 Å². The van der Waals surface area contributed by atoms with Gasteiger partial charge >= 0.3 is 5.97 Å². The molecule has 0 aromatic heterocycles. The van der Waals surface area contributed by atoms with E-state index in [-0.39, 0.29) is 17.9 Å². The minimum Gasteiger partial charge on any atom is -0.460 e. The molecule has 0 aromatic rings. The first-order chi connectivity index (χ1) is 6.63. The molecule has 2 atom stereocenters. The number of rotatable bonds is 4. The summed E-state index contributed by atoms with van der Waals surface area (Å²) in [5, 5.41) is 0. The summed E-state index contributed by atoms with van der Waals surface area (Å²) in [5.74, 6) is 0.0870. The highest BCUT2D eigenvalue weighted by molar-refractivity contribution is 5.73. The third-order valence-corrected chi connectivity index (χ3v) is 2.07. The molecule has 0 spiro atoms. The van der Waals surface area contributed by atoms with Crippen LogP contribution in [0.1, 0.15) is 48.0 Å². The highest BCUT2D eigenvalue weighted by atomic mass is 16.6. The fourth-order valence-corrected chi connectivity index (χ4v) is 1.41. The van der Waals surface area contributed by atoms with E-state index in [9.17, 15) is 4.79 Å². The van der Waals surface area contributed by atoms with Gasteiger partial charge in [-0.25, -0.2) is 0 Å². The van der Waals surface area contributed by atoms with Crippen molar-refractivity contribution >= 4 is 5.97 Å². The van der Waals surface area contributed by atoms with E-state index in [1.54, 1.807) is 0 Å². The zero-order valence-corrected chi connectivity index (χ0v) is 10.8. The van der Waals surface area contributed by atoms with Gasteiger partial charge < -0.3 is 10.5 Å². The molecule has 0 aliphatic carbocycles. The van der Waals surface area contributed by atoms with Crippen LogP contribution in [0.2, 0.25) is 0 Å². The second-order valence-corrected chi connectivity index (χ2v) is 5.63. The summed E-state index contributed by atoms with van der Waals surface area (Å²) in [6.07, 6.45) is 0.784. The van der Waals surface area contributed by atoms with Crippen LogP contribution in [0.25, 0.3) is 0 Å². The van der Waals surface area contributed by atoms with Crippen molar-refractivity contribution in [3.63, 3.8) is 0 Å². The fourth-order valence-electron chi connectivity index (χ4n) is 1.41. The highest BCUT2D eigenvalue weighted by Crippen LogP contribution is 2.19. The molecule has 0 rings (SSSR count). The third kappa shape index (κ3) is 6.50. The summed E-state index contributed by atoms with van der Waals surface area (Å²) in [6.45, 7) is 11.6. The number of ether oxygens (including phenoxy) is 1. The van der Waals surface area contributed by atoms with Crippen LogP contribution in [0.4, 0.5) is 0 Å². The number of carbonyl (C=O) groups excluding carboxylic acids is 1. The number of hydrogen-bond acceptors (Lipinski definition) is 3. The number of hydrogen-bond donors (Lipinski definition) is 1. The number of esters is 1. The third-order valence-electron chi connectivity index (χ3n) is 2.07. The van der Waals surface area contributed by atoms with Crippen LogP contribution < -0.4 is 5.73 Å². The monoisotopic (exact) mass is 215 g/mol. The summed E-state index contributed by atoms with van der Waals surface area (Å²) in [4.78, 5) is 11.8. The molecule has 90 valence electrons. The zero-order chi connectivity index (χ0) is 12.2. The van der Waals surface area contributed by atoms with Gasteiger partial charge in [0.1, 0.15) is 5.60 Å². The lowest BCUT2D eigenvalue weighted by molar-refractivity contribution is -0.161. The molecule has 0 bridgehead atoms. The summed E-state index contributed by atoms with van der Waals surface area (Å²) in [6, 6.07) is -0.151. The standard InChI is InChI=1S/C12H25NO2/c1-8(2)7-10(9(3)13)11(14)15-12(4,5)6/h8-10H,7,13H2,1-6H3. The maximum absolute atomic E-state index is 11.8. The van der Waals surface area contributed by atoms with Crippen molar-refractivity contribution in [2.24, 2.45) is 17.6 Å². The van der Waals surface area contributed by atoms with Gasteiger partial charge in [-0.1, -0.05) is 13.8 Å². The smallest absolute Gasteiger partial charge is 0.311 e. The minimum absolute atomic E-state index is 0.151. The molecule has 0 saturated heterocycles. The SMILES string of the molecule is CC(C)CC(C(=O)OC(C)(C)C)C(C)N. The number of carbonyl (C=O) groups is 1. The van der Waals surface area contributed by atoms with Gasteiger partial charge in [-0.2, -0.15) is 0 Å². The second kappa shape index (κ2) is 5.50. The van der Waals surface area contributed by atoms with E-state index in [0.29, 0.717) is 5.92 Å². The maximum Gasteiger partial charge on any atom is 0.311 e. The van der Waals surface area contributed by atoms with E-state index in [1.165, 1.54) is 0 Å². The predicted molar refractivity (Wildman–Crippen MR) is 62.4 cm³/mol. The van der Waals surface area contributed by atoms with E-state index < -0.39 is 5.60 Å². The Morgan fingerprint density at radius 1 is 1.27 bits per heavy atom. The first kappa shape index (κ1) is 14.4. The molecule has 0 aromatic carbocycles. The second-order valence-electron chi connectivity index (χ2n) is 5.63. The topological polar surface area (TPSA) is 52.3 Å². The Morgan fingerprint density at radius 2 is 1.73 bits per heavy atom. The molecule has 0 aliphatic rings. The van der Waals surface area contributed by atoms with E-state index in [4.69, 9.17) is 10.5 Å². The molecule has 3 heteroatoms. The fraction of sp³-hybridized carbons (Fsp3) is 0.917. The van der Waals surface area contributed by atoms with Gasteiger partial charge in [0, 0.05) is 6.04 Å². The Balaban J connectivity index is 4.43. The van der Waals surface area contributed by atoms with Crippen molar-refractivity contribution in [1.29, 1.82) is 0 Å². The van der Waals surface area contributed by atoms with Crippen LogP contribution in [0, 0.1) is 11.8 Å². The quantitative estimate of drug-likeness (QED) is 0.732. The average Bonchev–Trinajstić information content (AvgIpc) is 1.95. The molecule has 3 nitrogen and oxygen atoms in total. The van der Waals surface area contributed by atoms with E-state index in [1.807, 2.05) is 27.7 Å². The van der Waals surface area contributed by atoms with Crippen molar-refractivity contribution in [1.82, 2.24) is 0 Å². The highest BCUT2D eigenvalue weighted by Gasteiger charge is 2.28. The molecule has 15 heavy (non-hydrogen) atoms. The Kier molecular flexibility index (Phi) is 5.29. The van der Waals surface area contributed by atoms with Crippen LogP contribution in [-0.4, -0.2) is 17.6 Å². The van der Waals surface area contributed by atoms with Crippen LogP contribution >= 0.6 is 0 Å². The van der Waals surface area contributed by atoms with Gasteiger partial charge in [-0.05, 0) is 40.0 Å². The molecule has 0 fully saturated rings. The molecular formula is C12H25NO2. The minimum atomic E-state index is -0.429. The van der Waals surface area contributed by atoms with Crippen molar-refractivity contribution in [2.75, 3.05) is 0 Å². The van der Waals surface area contributed by atoms with Gasteiger partial charge in [-0.15, -0.1) is 0 Å². The summed E-state index contributed by atoms with van der Waals surface area (Å²) < 4.78 is 5.34. The largest absolute Gasteiger partial charge is 0.460 e. The Labute approximate surface area is 93.4 Å². The van der Waals surface area contributed by atoms with E-state index >= 15 is 0 Å². The van der Waals surface area contributed by atoms with Crippen molar-refractivity contribution in [3.05, 3.63) is 0 Å². The van der Waals surface area contributed by atoms with Gasteiger partial charge in [-0.3, -0.25) is 4.79 Å².